The number of rotatable bonds is 2. The van der Waals surface area contributed by atoms with E-state index in [2.05, 4.69) is 11.9 Å². The second-order valence-electron chi connectivity index (χ2n) is 11.2. The Morgan fingerprint density at radius 3 is 2.73 bits per heavy atom. The molecule has 2 amide bonds. The van der Waals surface area contributed by atoms with E-state index in [9.17, 15) is 14.7 Å². The van der Waals surface area contributed by atoms with Crippen molar-refractivity contribution in [2.45, 2.75) is 75.9 Å². The molecule has 0 unspecified atom stereocenters. The Morgan fingerprint density at radius 2 is 2.00 bits per heavy atom. The highest BCUT2D eigenvalue weighted by Crippen LogP contribution is 2.65. The van der Waals surface area contributed by atoms with Gasteiger partial charge >= 0.3 is 0 Å². The minimum atomic E-state index is -1.49. The van der Waals surface area contributed by atoms with Crippen molar-refractivity contribution >= 4 is 23.6 Å². The summed E-state index contributed by atoms with van der Waals surface area (Å²) in [7, 11) is 0. The number of amides is 2. The normalized spacial score (nSPS) is 35.3. The highest BCUT2D eigenvalue weighted by molar-refractivity contribution is 6.00. The van der Waals surface area contributed by atoms with Gasteiger partial charge in [0.05, 0.1) is 5.69 Å². The van der Waals surface area contributed by atoms with E-state index in [-0.39, 0.29) is 18.2 Å². The second-order valence-corrected chi connectivity index (χ2v) is 11.2. The van der Waals surface area contributed by atoms with Gasteiger partial charge in [-0.05, 0) is 32.8 Å². The number of benzene rings is 1. The quantitative estimate of drug-likeness (QED) is 0.679. The van der Waals surface area contributed by atoms with Crippen molar-refractivity contribution in [3.8, 4) is 5.75 Å². The monoisotopic (exact) mass is 449 g/mol. The molecule has 7 nitrogen and oxygen atoms in total. The SMILES string of the molecule is C=CC(C)(C)[C@]12Nc3c(ccc4c3OC(C)(C)C=C4)[C@]1(O)C[C@@H]1C(=O)N3CCC[C@@H]3C(=O)N12. The molecule has 0 radical (unpaired) electrons. The zero-order chi connectivity index (χ0) is 23.6. The van der Waals surface area contributed by atoms with Crippen molar-refractivity contribution in [1.29, 1.82) is 0 Å². The number of nitrogens with one attached hydrogen (secondary N) is 1. The number of hydrogen-bond acceptors (Lipinski definition) is 5. The Labute approximate surface area is 194 Å². The average Bonchev–Trinajstić information content (AvgIpc) is 3.41. The molecule has 5 aliphatic heterocycles. The Balaban J connectivity index is 1.60. The molecule has 0 saturated carbocycles. The van der Waals surface area contributed by atoms with Crippen LogP contribution in [0, 0.1) is 5.41 Å². The first kappa shape index (κ1) is 20.8. The van der Waals surface area contributed by atoms with Gasteiger partial charge in [0.1, 0.15) is 23.3 Å². The fraction of sp³-hybridized carbons (Fsp3) is 0.538. The van der Waals surface area contributed by atoms with E-state index < -0.39 is 34.4 Å². The lowest BCUT2D eigenvalue weighted by molar-refractivity contribution is -0.169. The van der Waals surface area contributed by atoms with Crippen molar-refractivity contribution in [2.75, 3.05) is 11.9 Å². The third kappa shape index (κ3) is 2.24. The van der Waals surface area contributed by atoms with Gasteiger partial charge in [0.2, 0.25) is 11.8 Å². The van der Waals surface area contributed by atoms with E-state index in [0.717, 1.165) is 12.0 Å². The lowest BCUT2D eigenvalue weighted by atomic mass is 9.68. The number of hydrogen-bond donors (Lipinski definition) is 2. The molecule has 174 valence electrons. The first-order valence-corrected chi connectivity index (χ1v) is 11.8. The maximum Gasteiger partial charge on any atom is 0.248 e. The Hall–Kier alpha value is -2.80. The van der Waals surface area contributed by atoms with E-state index in [1.54, 1.807) is 15.9 Å². The molecule has 3 fully saturated rings. The van der Waals surface area contributed by atoms with Crippen LogP contribution < -0.4 is 10.1 Å². The predicted octanol–water partition coefficient (Wildman–Crippen LogP) is 3.00. The summed E-state index contributed by atoms with van der Waals surface area (Å²) in [5.41, 5.74) is -1.75. The summed E-state index contributed by atoms with van der Waals surface area (Å²) in [4.78, 5) is 30.8. The molecule has 1 aromatic carbocycles. The van der Waals surface area contributed by atoms with Gasteiger partial charge < -0.3 is 25.0 Å². The fourth-order valence-corrected chi connectivity index (χ4v) is 6.81. The summed E-state index contributed by atoms with van der Waals surface area (Å²) in [5, 5.41) is 16.1. The number of carbonyl (C=O) groups is 2. The molecule has 3 saturated heterocycles. The third-order valence-corrected chi connectivity index (χ3v) is 8.52. The molecule has 4 atom stereocenters. The van der Waals surface area contributed by atoms with E-state index in [1.165, 1.54) is 0 Å². The minimum Gasteiger partial charge on any atom is -0.481 e. The second kappa shape index (κ2) is 6.00. The van der Waals surface area contributed by atoms with Gasteiger partial charge in [-0.2, -0.15) is 0 Å². The number of nitrogens with zero attached hydrogens (tertiary/aromatic N) is 2. The molecular weight excluding hydrogens is 418 g/mol. The molecule has 6 rings (SSSR count). The van der Waals surface area contributed by atoms with Gasteiger partial charge in [0.25, 0.3) is 0 Å². The van der Waals surface area contributed by atoms with Crippen LogP contribution in [0.1, 0.15) is 58.1 Å². The fourth-order valence-electron chi connectivity index (χ4n) is 6.81. The minimum absolute atomic E-state index is 0.0687. The summed E-state index contributed by atoms with van der Waals surface area (Å²) in [6, 6.07) is 2.66. The van der Waals surface area contributed by atoms with Crippen molar-refractivity contribution in [3.63, 3.8) is 0 Å². The number of aliphatic hydroxyl groups is 1. The van der Waals surface area contributed by atoms with Crippen LogP contribution in [0.15, 0.2) is 30.9 Å². The smallest absolute Gasteiger partial charge is 0.248 e. The number of fused-ring (bicyclic) bond motifs is 8. The molecule has 5 heterocycles. The molecule has 2 N–H and O–H groups in total. The molecule has 1 aromatic rings. The van der Waals surface area contributed by atoms with Crippen molar-refractivity contribution in [1.82, 2.24) is 9.80 Å². The maximum atomic E-state index is 13.9. The van der Waals surface area contributed by atoms with Crippen molar-refractivity contribution in [3.05, 3.63) is 42.0 Å². The number of ether oxygens (including phenoxy) is 1. The number of anilines is 1. The van der Waals surface area contributed by atoms with Gasteiger partial charge in [-0.25, -0.2) is 0 Å². The Kier molecular flexibility index (Phi) is 3.78. The first-order valence-electron chi connectivity index (χ1n) is 11.8. The topological polar surface area (TPSA) is 82.1 Å². The van der Waals surface area contributed by atoms with E-state index in [1.807, 2.05) is 52.0 Å². The molecule has 0 spiro atoms. The lowest BCUT2D eigenvalue weighted by Crippen LogP contribution is -2.73. The summed E-state index contributed by atoms with van der Waals surface area (Å²) in [6.07, 6.45) is 7.42. The third-order valence-electron chi connectivity index (χ3n) is 8.52. The van der Waals surface area contributed by atoms with Gasteiger partial charge in [-0.3, -0.25) is 9.59 Å². The van der Waals surface area contributed by atoms with Gasteiger partial charge in [0, 0.05) is 29.5 Å². The average molecular weight is 450 g/mol. The van der Waals surface area contributed by atoms with Crippen LogP contribution in [0.3, 0.4) is 0 Å². The predicted molar refractivity (Wildman–Crippen MR) is 124 cm³/mol. The van der Waals surface area contributed by atoms with E-state index in [4.69, 9.17) is 4.74 Å². The van der Waals surface area contributed by atoms with E-state index in [0.29, 0.717) is 30.0 Å². The van der Waals surface area contributed by atoms with E-state index >= 15 is 0 Å². The van der Waals surface area contributed by atoms with Gasteiger partial charge in [-0.15, -0.1) is 6.58 Å². The largest absolute Gasteiger partial charge is 0.481 e. The Bertz CT molecular complexity index is 1150. The molecule has 0 aromatic heterocycles. The highest BCUT2D eigenvalue weighted by atomic mass is 16.5. The molecule has 0 aliphatic carbocycles. The first-order chi connectivity index (χ1) is 15.5. The van der Waals surface area contributed by atoms with Crippen LogP contribution in [-0.2, 0) is 15.2 Å². The summed E-state index contributed by atoms with van der Waals surface area (Å²) < 4.78 is 6.35. The van der Waals surface area contributed by atoms with Crippen molar-refractivity contribution in [2.24, 2.45) is 5.41 Å². The molecule has 7 heteroatoms. The lowest BCUT2D eigenvalue weighted by Gasteiger charge is -2.54. The summed E-state index contributed by atoms with van der Waals surface area (Å²) in [5.74, 6) is 0.496. The van der Waals surface area contributed by atoms with Crippen LogP contribution in [0.4, 0.5) is 5.69 Å². The van der Waals surface area contributed by atoms with Crippen LogP contribution in [0.5, 0.6) is 5.75 Å². The Morgan fingerprint density at radius 1 is 1.24 bits per heavy atom. The van der Waals surface area contributed by atoms with Crippen LogP contribution >= 0.6 is 0 Å². The van der Waals surface area contributed by atoms with Crippen LogP contribution in [0.2, 0.25) is 0 Å². The molecule has 33 heavy (non-hydrogen) atoms. The van der Waals surface area contributed by atoms with Gasteiger partial charge in [0.15, 0.2) is 11.4 Å². The standard InChI is InChI=1S/C26H31N3O4/c1-6-23(2,3)26-25(32,14-18-21(30)28-13-7-8-17(28)22(31)29(18)26)16-10-9-15-11-12-24(4,5)33-20(15)19(16)27-26/h6,9-12,17-18,27,32H,1,7-8,13-14H2,2-5H3/t17-,18-,25-,26-/m1/s1. The van der Waals surface area contributed by atoms with Crippen LogP contribution in [-0.4, -0.2) is 56.6 Å². The van der Waals surface area contributed by atoms with Crippen LogP contribution in [0.25, 0.3) is 6.08 Å². The zero-order valence-corrected chi connectivity index (χ0v) is 19.6. The van der Waals surface area contributed by atoms with Crippen molar-refractivity contribution < 1.29 is 19.4 Å². The molecular formula is C26H31N3O4. The highest BCUT2D eigenvalue weighted by Gasteiger charge is 2.76. The number of carbonyl (C=O) groups excluding carboxylic acids is 2. The zero-order valence-electron chi connectivity index (χ0n) is 19.6. The summed E-state index contributed by atoms with van der Waals surface area (Å²) in [6.45, 7) is 12.5. The molecule has 0 bridgehead atoms. The van der Waals surface area contributed by atoms with Gasteiger partial charge in [-0.1, -0.05) is 38.1 Å². The molecule has 5 aliphatic rings. The summed E-state index contributed by atoms with van der Waals surface area (Å²) >= 11 is 0. The maximum absolute atomic E-state index is 13.9. The number of piperazine rings is 1.